The maximum atomic E-state index is 5.89. The van der Waals surface area contributed by atoms with Crippen LogP contribution in [0.4, 0.5) is 0 Å². The Labute approximate surface area is 132 Å². The molecule has 2 unspecified atom stereocenters. The largest absolute Gasteiger partial charge is 0.375 e. The van der Waals surface area contributed by atoms with Gasteiger partial charge in [0.05, 0.1) is 12.7 Å². The number of hydrogen-bond donors (Lipinski definition) is 1. The van der Waals surface area contributed by atoms with Crippen molar-refractivity contribution in [2.45, 2.75) is 37.9 Å². The second-order valence-corrected chi connectivity index (χ2v) is 6.57. The van der Waals surface area contributed by atoms with Crippen molar-refractivity contribution in [1.29, 1.82) is 0 Å². The van der Waals surface area contributed by atoms with Crippen LogP contribution in [0, 0.1) is 0 Å². The fourth-order valence-electron chi connectivity index (χ4n) is 2.89. The Morgan fingerprint density at radius 3 is 2.86 bits per heavy atom. The number of guanidine groups is 1. The SMILES string of the molecule is CN=C(NCCCCSC)N1CCOC(C2CCCO2)C1. The summed E-state index contributed by atoms with van der Waals surface area (Å²) in [6.07, 6.45) is 7.35. The molecule has 0 aromatic rings. The third kappa shape index (κ3) is 5.34. The second-order valence-electron chi connectivity index (χ2n) is 5.58. The molecule has 1 N–H and O–H groups in total. The van der Waals surface area contributed by atoms with Crippen molar-refractivity contribution in [1.82, 2.24) is 10.2 Å². The molecule has 0 bridgehead atoms. The number of morpholine rings is 1. The van der Waals surface area contributed by atoms with Crippen LogP contribution in [0.1, 0.15) is 25.7 Å². The minimum Gasteiger partial charge on any atom is -0.375 e. The van der Waals surface area contributed by atoms with Crippen LogP contribution in [0.5, 0.6) is 0 Å². The highest BCUT2D eigenvalue weighted by Crippen LogP contribution is 2.20. The average Bonchev–Trinajstić information content (AvgIpc) is 3.05. The van der Waals surface area contributed by atoms with Gasteiger partial charge in [-0.25, -0.2) is 0 Å². The molecule has 0 aromatic heterocycles. The molecule has 2 heterocycles. The van der Waals surface area contributed by atoms with E-state index in [0.29, 0.717) is 0 Å². The zero-order valence-electron chi connectivity index (χ0n) is 13.3. The van der Waals surface area contributed by atoms with Crippen LogP contribution in [0.25, 0.3) is 0 Å². The summed E-state index contributed by atoms with van der Waals surface area (Å²) < 4.78 is 11.7. The van der Waals surface area contributed by atoms with Gasteiger partial charge < -0.3 is 19.7 Å². The Kier molecular flexibility index (Phi) is 7.68. The van der Waals surface area contributed by atoms with Crippen molar-refractivity contribution in [2.24, 2.45) is 4.99 Å². The molecule has 21 heavy (non-hydrogen) atoms. The molecule has 6 heteroatoms. The molecule has 0 spiro atoms. The summed E-state index contributed by atoms with van der Waals surface area (Å²) >= 11 is 1.91. The summed E-state index contributed by atoms with van der Waals surface area (Å²) in [5, 5.41) is 3.48. The highest BCUT2D eigenvalue weighted by molar-refractivity contribution is 7.98. The maximum absolute atomic E-state index is 5.89. The number of ether oxygens (including phenoxy) is 2. The Hall–Kier alpha value is -0.460. The minimum absolute atomic E-state index is 0.191. The quantitative estimate of drug-likeness (QED) is 0.458. The van der Waals surface area contributed by atoms with E-state index in [4.69, 9.17) is 9.47 Å². The van der Waals surface area contributed by atoms with Gasteiger partial charge in [0, 0.05) is 33.3 Å². The van der Waals surface area contributed by atoms with Gasteiger partial charge in [-0.3, -0.25) is 4.99 Å². The molecule has 122 valence electrons. The normalized spacial score (nSPS) is 27.1. The molecule has 2 atom stereocenters. The van der Waals surface area contributed by atoms with Gasteiger partial charge in [-0.15, -0.1) is 0 Å². The zero-order chi connectivity index (χ0) is 14.9. The summed E-state index contributed by atoms with van der Waals surface area (Å²) in [5.74, 6) is 2.24. The van der Waals surface area contributed by atoms with Gasteiger partial charge >= 0.3 is 0 Å². The Morgan fingerprint density at radius 2 is 2.14 bits per heavy atom. The van der Waals surface area contributed by atoms with Crippen molar-refractivity contribution in [3.63, 3.8) is 0 Å². The summed E-state index contributed by atoms with van der Waals surface area (Å²) in [4.78, 5) is 6.73. The monoisotopic (exact) mass is 315 g/mol. The van der Waals surface area contributed by atoms with Gasteiger partial charge in [-0.05, 0) is 37.7 Å². The third-order valence-electron chi connectivity index (χ3n) is 4.04. The molecule has 2 aliphatic heterocycles. The van der Waals surface area contributed by atoms with Gasteiger partial charge in [0.15, 0.2) is 5.96 Å². The number of nitrogens with one attached hydrogen (secondary N) is 1. The average molecular weight is 315 g/mol. The first kappa shape index (κ1) is 16.9. The number of aliphatic imine (C=N–C) groups is 1. The van der Waals surface area contributed by atoms with E-state index in [0.717, 1.165) is 51.6 Å². The molecule has 0 radical (unpaired) electrons. The van der Waals surface area contributed by atoms with Gasteiger partial charge in [-0.1, -0.05) is 0 Å². The van der Waals surface area contributed by atoms with E-state index in [1.165, 1.54) is 18.6 Å². The number of hydrogen-bond acceptors (Lipinski definition) is 4. The molecular formula is C15H29N3O2S. The molecule has 0 aliphatic carbocycles. The summed E-state index contributed by atoms with van der Waals surface area (Å²) in [5.41, 5.74) is 0. The van der Waals surface area contributed by atoms with Gasteiger partial charge in [0.1, 0.15) is 6.10 Å². The van der Waals surface area contributed by atoms with Crippen LogP contribution in [-0.4, -0.2) is 75.0 Å². The first-order valence-electron chi connectivity index (χ1n) is 8.03. The highest BCUT2D eigenvalue weighted by Gasteiger charge is 2.32. The first-order valence-corrected chi connectivity index (χ1v) is 9.42. The van der Waals surface area contributed by atoms with Crippen molar-refractivity contribution >= 4 is 17.7 Å². The molecule has 0 saturated carbocycles. The molecule has 0 aromatic carbocycles. The van der Waals surface area contributed by atoms with Crippen LogP contribution in [-0.2, 0) is 9.47 Å². The van der Waals surface area contributed by atoms with Crippen molar-refractivity contribution in [2.75, 3.05) is 51.9 Å². The first-order chi connectivity index (χ1) is 10.3. The standard InChI is InChI=1S/C15H29N3O2S/c1-16-15(17-7-3-4-11-21-2)18-8-10-20-14(12-18)13-6-5-9-19-13/h13-14H,3-12H2,1-2H3,(H,16,17). The summed E-state index contributed by atoms with van der Waals surface area (Å²) in [7, 11) is 1.86. The molecule has 5 nitrogen and oxygen atoms in total. The smallest absolute Gasteiger partial charge is 0.193 e. The fraction of sp³-hybridized carbons (Fsp3) is 0.933. The topological polar surface area (TPSA) is 46.1 Å². The Balaban J connectivity index is 1.75. The molecule has 2 saturated heterocycles. The van der Waals surface area contributed by atoms with E-state index in [-0.39, 0.29) is 12.2 Å². The van der Waals surface area contributed by atoms with E-state index in [9.17, 15) is 0 Å². The third-order valence-corrected chi connectivity index (χ3v) is 4.74. The van der Waals surface area contributed by atoms with E-state index < -0.39 is 0 Å². The summed E-state index contributed by atoms with van der Waals surface area (Å²) in [6.45, 7) is 4.43. The maximum Gasteiger partial charge on any atom is 0.193 e. The van der Waals surface area contributed by atoms with Gasteiger partial charge in [0.2, 0.25) is 0 Å². The van der Waals surface area contributed by atoms with Crippen molar-refractivity contribution in [3.8, 4) is 0 Å². The van der Waals surface area contributed by atoms with E-state index in [2.05, 4.69) is 21.5 Å². The van der Waals surface area contributed by atoms with Gasteiger partial charge in [-0.2, -0.15) is 11.8 Å². The lowest BCUT2D eigenvalue weighted by Gasteiger charge is -2.37. The van der Waals surface area contributed by atoms with E-state index in [1.54, 1.807) is 0 Å². The molecule has 2 rings (SSSR count). The number of unbranched alkanes of at least 4 members (excludes halogenated alkanes) is 1. The van der Waals surface area contributed by atoms with Crippen LogP contribution in [0.3, 0.4) is 0 Å². The number of thioether (sulfide) groups is 1. The van der Waals surface area contributed by atoms with Crippen LogP contribution < -0.4 is 5.32 Å². The Morgan fingerprint density at radius 1 is 1.29 bits per heavy atom. The van der Waals surface area contributed by atoms with Gasteiger partial charge in [0.25, 0.3) is 0 Å². The number of rotatable bonds is 6. The van der Waals surface area contributed by atoms with E-state index >= 15 is 0 Å². The minimum atomic E-state index is 0.191. The number of nitrogens with zero attached hydrogens (tertiary/aromatic N) is 2. The highest BCUT2D eigenvalue weighted by atomic mass is 32.2. The van der Waals surface area contributed by atoms with Crippen molar-refractivity contribution < 1.29 is 9.47 Å². The van der Waals surface area contributed by atoms with E-state index in [1.807, 2.05) is 18.8 Å². The van der Waals surface area contributed by atoms with Crippen LogP contribution in [0.15, 0.2) is 4.99 Å². The lowest BCUT2D eigenvalue weighted by atomic mass is 10.1. The molecular weight excluding hydrogens is 286 g/mol. The van der Waals surface area contributed by atoms with Crippen LogP contribution in [0.2, 0.25) is 0 Å². The predicted octanol–water partition coefficient (Wildman–Crippen LogP) is 1.58. The Bertz CT molecular complexity index is 322. The molecule has 0 amide bonds. The lowest BCUT2D eigenvalue weighted by Crippen LogP contribution is -2.53. The fourth-order valence-corrected chi connectivity index (χ4v) is 3.39. The lowest BCUT2D eigenvalue weighted by molar-refractivity contribution is -0.0816. The van der Waals surface area contributed by atoms with Crippen LogP contribution >= 0.6 is 11.8 Å². The van der Waals surface area contributed by atoms with Crippen molar-refractivity contribution in [3.05, 3.63) is 0 Å². The molecule has 2 fully saturated rings. The molecule has 2 aliphatic rings. The summed E-state index contributed by atoms with van der Waals surface area (Å²) in [6, 6.07) is 0. The predicted molar refractivity (Wildman–Crippen MR) is 89.3 cm³/mol. The second kappa shape index (κ2) is 9.54. The zero-order valence-corrected chi connectivity index (χ0v) is 14.2.